The molecule has 1 aliphatic heterocycles. The number of amides is 2. The number of hydrogen-bond acceptors (Lipinski definition) is 4. The van der Waals surface area contributed by atoms with Gasteiger partial charge >= 0.3 is 0 Å². The summed E-state index contributed by atoms with van der Waals surface area (Å²) in [7, 11) is 1.87. The van der Waals surface area contributed by atoms with Gasteiger partial charge in [0.1, 0.15) is 6.04 Å². The van der Waals surface area contributed by atoms with Crippen molar-refractivity contribution >= 4 is 17.9 Å². The van der Waals surface area contributed by atoms with Crippen molar-refractivity contribution < 1.29 is 9.59 Å². The van der Waals surface area contributed by atoms with Crippen LogP contribution in [0.4, 0.5) is 0 Å². The van der Waals surface area contributed by atoms with Gasteiger partial charge in [0.25, 0.3) is 0 Å². The monoisotopic (exact) mass is 584 g/mol. The maximum atomic E-state index is 14.5. The molecule has 2 amide bonds. The number of hydrogen-bond donors (Lipinski definition) is 0. The van der Waals surface area contributed by atoms with Gasteiger partial charge in [-0.05, 0) is 59.9 Å². The van der Waals surface area contributed by atoms with E-state index in [1.54, 1.807) is 38.8 Å². The fraction of sp³-hybridized carbons (Fsp3) is 0.222. The molecule has 2 aromatic heterocycles. The molecule has 1 aliphatic rings. The van der Waals surface area contributed by atoms with Gasteiger partial charge in [-0.25, -0.2) is 4.68 Å². The molecule has 0 bridgehead atoms. The highest BCUT2D eigenvalue weighted by Gasteiger charge is 2.34. The molecule has 44 heavy (non-hydrogen) atoms. The lowest BCUT2D eigenvalue weighted by molar-refractivity contribution is -0.144. The molecular weight excluding hydrogens is 548 g/mol. The zero-order valence-electron chi connectivity index (χ0n) is 25.1. The molecule has 222 valence electrons. The second-order valence-electron chi connectivity index (χ2n) is 11.2. The molecule has 0 unspecified atom stereocenters. The van der Waals surface area contributed by atoms with Gasteiger partial charge in [0, 0.05) is 62.8 Å². The van der Waals surface area contributed by atoms with Gasteiger partial charge in [-0.3, -0.25) is 14.3 Å². The third-order valence-corrected chi connectivity index (χ3v) is 8.40. The molecule has 0 saturated carbocycles. The van der Waals surface area contributed by atoms with Crippen molar-refractivity contribution in [2.75, 3.05) is 6.54 Å². The minimum Gasteiger partial charge on any atom is -0.336 e. The van der Waals surface area contributed by atoms with Crippen LogP contribution in [0.2, 0.25) is 0 Å². The van der Waals surface area contributed by atoms with E-state index in [1.165, 1.54) is 5.56 Å². The summed E-state index contributed by atoms with van der Waals surface area (Å²) in [5.74, 6) is -0.271. The van der Waals surface area contributed by atoms with Gasteiger partial charge in [-0.1, -0.05) is 66.7 Å². The third kappa shape index (κ3) is 6.39. The highest BCUT2D eigenvalue weighted by atomic mass is 16.2. The first-order valence-electron chi connectivity index (χ1n) is 14.9. The molecular formula is C36H36N6O2. The van der Waals surface area contributed by atoms with E-state index in [4.69, 9.17) is 0 Å². The first-order chi connectivity index (χ1) is 21.5. The molecule has 8 heteroatoms. The Balaban J connectivity index is 1.35. The van der Waals surface area contributed by atoms with Crippen LogP contribution in [-0.4, -0.2) is 53.8 Å². The van der Waals surface area contributed by atoms with Gasteiger partial charge in [-0.15, -0.1) is 0 Å². The SMILES string of the molecule is Cc1c(C=CC(=O)N(Cc2ccc(-n3cccn3)cc2)[C@@H](Cc2ccccc2)C(=O)N2CCc3ccccc3C2)cnn1C. The molecule has 5 aromatic rings. The lowest BCUT2D eigenvalue weighted by atomic mass is 9.97. The van der Waals surface area contributed by atoms with Gasteiger partial charge in [0.2, 0.25) is 11.8 Å². The summed E-state index contributed by atoms with van der Waals surface area (Å²) in [5, 5.41) is 8.63. The number of nitrogens with zero attached hydrogens (tertiary/aromatic N) is 6. The van der Waals surface area contributed by atoms with Gasteiger partial charge in [0.15, 0.2) is 0 Å². The van der Waals surface area contributed by atoms with Crippen LogP contribution < -0.4 is 0 Å². The maximum absolute atomic E-state index is 14.5. The standard InChI is InChI=1S/C36H36N6O2/c1-27-31(24-38-39(27)2)15-18-35(43)41(25-29-13-16-33(17-14-29)42-21-8-20-37-42)34(23-28-9-4-3-5-10-28)36(44)40-22-19-30-11-6-7-12-32(30)26-40/h3-18,20-21,24,34H,19,22-23,25-26H2,1-2H3/t34-/m0/s1. The van der Waals surface area contributed by atoms with Crippen molar-refractivity contribution in [3.63, 3.8) is 0 Å². The second-order valence-corrected chi connectivity index (χ2v) is 11.2. The van der Waals surface area contributed by atoms with E-state index < -0.39 is 6.04 Å². The zero-order chi connectivity index (χ0) is 30.5. The Labute approximate surface area is 257 Å². The van der Waals surface area contributed by atoms with E-state index >= 15 is 0 Å². The van der Waals surface area contributed by atoms with Gasteiger partial charge < -0.3 is 9.80 Å². The van der Waals surface area contributed by atoms with Gasteiger partial charge in [0.05, 0.1) is 11.9 Å². The molecule has 0 aliphatic carbocycles. The largest absolute Gasteiger partial charge is 0.336 e. The quantitative estimate of drug-likeness (QED) is 0.225. The molecule has 6 rings (SSSR count). The summed E-state index contributed by atoms with van der Waals surface area (Å²) < 4.78 is 3.57. The summed E-state index contributed by atoms with van der Waals surface area (Å²) in [6, 6.07) is 27.4. The maximum Gasteiger partial charge on any atom is 0.247 e. The lowest BCUT2D eigenvalue weighted by Crippen LogP contribution is -2.52. The number of aromatic nitrogens is 4. The summed E-state index contributed by atoms with van der Waals surface area (Å²) in [5.41, 5.74) is 7.10. The van der Waals surface area contributed by atoms with Crippen LogP contribution >= 0.6 is 0 Å². The third-order valence-electron chi connectivity index (χ3n) is 8.40. The normalized spacial score (nSPS) is 13.5. The molecule has 3 heterocycles. The molecule has 0 radical (unpaired) electrons. The molecule has 1 atom stereocenters. The van der Waals surface area contributed by atoms with Crippen LogP contribution in [-0.2, 0) is 42.6 Å². The van der Waals surface area contributed by atoms with Gasteiger partial charge in [-0.2, -0.15) is 10.2 Å². The van der Waals surface area contributed by atoms with E-state index in [1.807, 2.05) is 97.9 Å². The predicted octanol–water partition coefficient (Wildman–Crippen LogP) is 5.15. The Kier molecular flexibility index (Phi) is 8.50. The number of aryl methyl sites for hydroxylation is 1. The summed E-state index contributed by atoms with van der Waals surface area (Å²) in [4.78, 5) is 32.2. The van der Waals surface area contributed by atoms with Crippen molar-refractivity contribution in [2.45, 2.75) is 38.9 Å². The first-order valence-corrected chi connectivity index (χ1v) is 14.9. The van der Waals surface area contributed by atoms with Crippen LogP contribution in [0.15, 0.2) is 110 Å². The Hall–Kier alpha value is -5.24. The molecule has 0 N–H and O–H groups in total. The summed E-state index contributed by atoms with van der Waals surface area (Å²) in [6.45, 7) is 3.40. The van der Waals surface area contributed by atoms with Crippen molar-refractivity contribution in [3.8, 4) is 5.69 Å². The Morgan fingerprint density at radius 2 is 1.66 bits per heavy atom. The fourth-order valence-corrected chi connectivity index (χ4v) is 5.71. The van der Waals surface area contributed by atoms with Crippen molar-refractivity contribution in [3.05, 3.63) is 143 Å². The number of carbonyl (C=O) groups excluding carboxylic acids is 2. The minimum atomic E-state index is -0.694. The van der Waals surface area contributed by atoms with Crippen LogP contribution in [0, 0.1) is 6.92 Å². The smallest absolute Gasteiger partial charge is 0.247 e. The number of fused-ring (bicyclic) bond motifs is 1. The van der Waals surface area contributed by atoms with Crippen molar-refractivity contribution in [1.82, 2.24) is 29.4 Å². The highest BCUT2D eigenvalue weighted by Crippen LogP contribution is 2.23. The van der Waals surface area contributed by atoms with E-state index in [0.29, 0.717) is 19.5 Å². The average molecular weight is 585 g/mol. The van der Waals surface area contributed by atoms with E-state index in [-0.39, 0.29) is 18.4 Å². The lowest BCUT2D eigenvalue weighted by Gasteiger charge is -2.37. The topological polar surface area (TPSA) is 76.3 Å². The molecule has 0 saturated heterocycles. The Morgan fingerprint density at radius 1 is 0.909 bits per heavy atom. The highest BCUT2D eigenvalue weighted by molar-refractivity contribution is 5.96. The number of benzene rings is 3. The first kappa shape index (κ1) is 28.9. The molecule has 8 nitrogen and oxygen atoms in total. The van der Waals surface area contributed by atoms with Crippen LogP contribution in [0.1, 0.15) is 33.5 Å². The van der Waals surface area contributed by atoms with E-state index in [2.05, 4.69) is 22.3 Å². The zero-order valence-corrected chi connectivity index (χ0v) is 25.1. The second kappa shape index (κ2) is 13.0. The van der Waals surface area contributed by atoms with E-state index in [9.17, 15) is 9.59 Å². The predicted molar refractivity (Wildman–Crippen MR) is 171 cm³/mol. The molecule has 0 spiro atoms. The van der Waals surface area contributed by atoms with Crippen molar-refractivity contribution in [2.24, 2.45) is 7.05 Å². The van der Waals surface area contributed by atoms with Crippen LogP contribution in [0.25, 0.3) is 11.8 Å². The Bertz CT molecular complexity index is 1760. The van der Waals surface area contributed by atoms with Crippen LogP contribution in [0.3, 0.4) is 0 Å². The van der Waals surface area contributed by atoms with E-state index in [0.717, 1.165) is 40.1 Å². The number of carbonyl (C=O) groups is 2. The average Bonchev–Trinajstić information content (AvgIpc) is 3.72. The Morgan fingerprint density at radius 3 is 2.36 bits per heavy atom. The summed E-state index contributed by atoms with van der Waals surface area (Å²) >= 11 is 0. The van der Waals surface area contributed by atoms with Crippen LogP contribution in [0.5, 0.6) is 0 Å². The molecule has 0 fully saturated rings. The minimum absolute atomic E-state index is 0.0455. The van der Waals surface area contributed by atoms with Crippen molar-refractivity contribution in [1.29, 1.82) is 0 Å². The molecule has 3 aromatic carbocycles. The number of rotatable bonds is 9. The fourth-order valence-electron chi connectivity index (χ4n) is 5.71. The summed E-state index contributed by atoms with van der Waals surface area (Å²) in [6.07, 6.45) is 9.94.